The van der Waals surface area contributed by atoms with E-state index in [4.69, 9.17) is 0 Å². The van der Waals surface area contributed by atoms with E-state index in [1.165, 1.54) is 30.4 Å². The largest absolute Gasteiger partial charge is 0.290 e. The first-order valence-corrected chi connectivity index (χ1v) is 7.75. The molecule has 0 heterocycles. The molecule has 0 saturated carbocycles. The highest BCUT2D eigenvalue weighted by Crippen LogP contribution is 2.17. The first-order valence-electron chi connectivity index (χ1n) is 7.75. The average molecular weight is 287 g/mol. The molecule has 2 heteroatoms. The van der Waals surface area contributed by atoms with Crippen LogP contribution < -0.4 is 5.32 Å². The third kappa shape index (κ3) is 8.26. The van der Waals surface area contributed by atoms with Crippen LogP contribution in [0.25, 0.3) is 11.1 Å². The number of hydrogen-bond donors (Lipinski definition) is 1. The average Bonchev–Trinajstić information content (AvgIpc) is 2.57. The standard InChI is InChI=1S/C12H10.C7H16FN/c1-3-7-11(8-4-1)12-9-5-2-6-10-12;1-2-3-4-5-6-9-7-8/h1-10H;9H,2-7H2,1H3. The van der Waals surface area contributed by atoms with Gasteiger partial charge in [-0.1, -0.05) is 86.8 Å². The fourth-order valence-corrected chi connectivity index (χ4v) is 2.00. The smallest absolute Gasteiger partial charge is 0.140 e. The number of alkyl halides is 1. The zero-order valence-corrected chi connectivity index (χ0v) is 12.9. The molecule has 21 heavy (non-hydrogen) atoms. The number of halogens is 1. The van der Waals surface area contributed by atoms with E-state index >= 15 is 0 Å². The second kappa shape index (κ2) is 12.1. The van der Waals surface area contributed by atoms with Crippen LogP contribution in [0.5, 0.6) is 0 Å². The number of hydrogen-bond acceptors (Lipinski definition) is 1. The van der Waals surface area contributed by atoms with Crippen molar-refractivity contribution in [1.82, 2.24) is 5.32 Å². The summed E-state index contributed by atoms with van der Waals surface area (Å²) in [5, 5.41) is 2.64. The third-order valence-corrected chi connectivity index (χ3v) is 3.18. The normalized spacial score (nSPS) is 9.81. The van der Waals surface area contributed by atoms with E-state index in [1.807, 2.05) is 12.1 Å². The summed E-state index contributed by atoms with van der Waals surface area (Å²) in [5.41, 5.74) is 2.55. The minimum absolute atomic E-state index is 0.383. The van der Waals surface area contributed by atoms with Crippen LogP contribution in [0.4, 0.5) is 4.39 Å². The maximum Gasteiger partial charge on any atom is 0.140 e. The number of unbranched alkanes of at least 4 members (excludes halogenated alkanes) is 3. The van der Waals surface area contributed by atoms with Crippen molar-refractivity contribution in [3.63, 3.8) is 0 Å². The van der Waals surface area contributed by atoms with Gasteiger partial charge in [-0.3, -0.25) is 5.32 Å². The molecule has 0 amide bonds. The van der Waals surface area contributed by atoms with Gasteiger partial charge in [0.15, 0.2) is 0 Å². The van der Waals surface area contributed by atoms with Crippen molar-refractivity contribution >= 4 is 0 Å². The van der Waals surface area contributed by atoms with Crippen molar-refractivity contribution in [3.05, 3.63) is 60.7 Å². The maximum absolute atomic E-state index is 11.4. The van der Waals surface area contributed by atoms with E-state index in [1.54, 1.807) is 0 Å². The quantitative estimate of drug-likeness (QED) is 0.528. The second-order valence-corrected chi connectivity index (χ2v) is 4.93. The van der Waals surface area contributed by atoms with E-state index in [0.717, 1.165) is 13.0 Å². The molecule has 0 saturated heterocycles. The molecule has 0 radical (unpaired) electrons. The zero-order chi connectivity index (χ0) is 15.2. The van der Waals surface area contributed by atoms with Crippen LogP contribution in [-0.4, -0.2) is 13.3 Å². The maximum atomic E-state index is 11.4. The molecular formula is C19H26FN. The van der Waals surface area contributed by atoms with Crippen LogP contribution in [0.2, 0.25) is 0 Å². The zero-order valence-electron chi connectivity index (χ0n) is 12.9. The van der Waals surface area contributed by atoms with Gasteiger partial charge in [0.2, 0.25) is 0 Å². The molecule has 0 bridgehead atoms. The summed E-state index contributed by atoms with van der Waals surface area (Å²) in [5.74, 6) is 0. The van der Waals surface area contributed by atoms with Crippen LogP contribution >= 0.6 is 0 Å². The molecule has 0 spiro atoms. The monoisotopic (exact) mass is 287 g/mol. The predicted octanol–water partition coefficient (Wildman–Crippen LogP) is 5.44. The molecule has 1 nitrogen and oxygen atoms in total. The Morgan fingerprint density at radius 2 is 1.29 bits per heavy atom. The van der Waals surface area contributed by atoms with Crippen molar-refractivity contribution in [1.29, 1.82) is 0 Å². The molecule has 0 unspecified atom stereocenters. The molecule has 2 rings (SSSR count). The van der Waals surface area contributed by atoms with E-state index < -0.39 is 0 Å². The second-order valence-electron chi connectivity index (χ2n) is 4.93. The summed E-state index contributed by atoms with van der Waals surface area (Å²) in [6.45, 7) is 2.62. The third-order valence-electron chi connectivity index (χ3n) is 3.18. The fourth-order valence-electron chi connectivity index (χ4n) is 2.00. The highest BCUT2D eigenvalue weighted by Gasteiger charge is 1.91. The van der Waals surface area contributed by atoms with Gasteiger partial charge < -0.3 is 0 Å². The van der Waals surface area contributed by atoms with Gasteiger partial charge in [0.05, 0.1) is 0 Å². The van der Waals surface area contributed by atoms with Gasteiger partial charge in [0.25, 0.3) is 0 Å². The first kappa shape index (κ1) is 17.4. The molecule has 0 atom stereocenters. The summed E-state index contributed by atoms with van der Waals surface area (Å²) in [7, 11) is 0. The Morgan fingerprint density at radius 3 is 1.71 bits per heavy atom. The lowest BCUT2D eigenvalue weighted by atomic mass is 10.1. The van der Waals surface area contributed by atoms with Crippen LogP contribution in [0.1, 0.15) is 32.6 Å². The lowest BCUT2D eigenvalue weighted by Crippen LogP contribution is -2.12. The molecule has 0 fully saturated rings. The molecule has 2 aromatic rings. The van der Waals surface area contributed by atoms with Crippen LogP contribution in [0, 0.1) is 0 Å². The Kier molecular flexibility index (Phi) is 10.0. The molecule has 2 aromatic carbocycles. The molecule has 0 aromatic heterocycles. The van der Waals surface area contributed by atoms with Crippen molar-refractivity contribution in [3.8, 4) is 11.1 Å². The van der Waals surface area contributed by atoms with Crippen molar-refractivity contribution in [2.75, 3.05) is 13.3 Å². The Hall–Kier alpha value is -1.67. The van der Waals surface area contributed by atoms with Crippen LogP contribution in [0.3, 0.4) is 0 Å². The lowest BCUT2D eigenvalue weighted by Gasteiger charge is -1.98. The van der Waals surface area contributed by atoms with Gasteiger partial charge in [-0.15, -0.1) is 0 Å². The van der Waals surface area contributed by atoms with Crippen LogP contribution in [-0.2, 0) is 0 Å². The summed E-state index contributed by atoms with van der Waals surface area (Å²) in [6, 6.07) is 20.8. The highest BCUT2D eigenvalue weighted by molar-refractivity contribution is 5.62. The van der Waals surface area contributed by atoms with Crippen LogP contribution in [0.15, 0.2) is 60.7 Å². The molecule has 0 aliphatic rings. The van der Waals surface area contributed by atoms with E-state index in [0.29, 0.717) is 0 Å². The Bertz CT molecular complexity index is 398. The van der Waals surface area contributed by atoms with Gasteiger partial charge in [-0.05, 0) is 24.1 Å². The van der Waals surface area contributed by atoms with Gasteiger partial charge in [0.1, 0.15) is 6.80 Å². The summed E-state index contributed by atoms with van der Waals surface area (Å²) < 4.78 is 11.4. The van der Waals surface area contributed by atoms with E-state index in [-0.39, 0.29) is 6.80 Å². The molecular weight excluding hydrogens is 261 g/mol. The van der Waals surface area contributed by atoms with Gasteiger partial charge >= 0.3 is 0 Å². The lowest BCUT2D eigenvalue weighted by molar-refractivity contribution is 0.419. The Labute approximate surface area is 128 Å². The van der Waals surface area contributed by atoms with Crippen molar-refractivity contribution in [2.45, 2.75) is 32.6 Å². The topological polar surface area (TPSA) is 12.0 Å². The number of nitrogens with one attached hydrogen (secondary N) is 1. The van der Waals surface area contributed by atoms with Gasteiger partial charge in [0, 0.05) is 0 Å². The van der Waals surface area contributed by atoms with Crippen molar-refractivity contribution < 1.29 is 4.39 Å². The van der Waals surface area contributed by atoms with E-state index in [9.17, 15) is 4.39 Å². The van der Waals surface area contributed by atoms with Gasteiger partial charge in [-0.25, -0.2) is 4.39 Å². The number of rotatable bonds is 7. The minimum atomic E-state index is -0.383. The minimum Gasteiger partial charge on any atom is -0.290 e. The first-order chi connectivity index (χ1) is 10.4. The summed E-state index contributed by atoms with van der Waals surface area (Å²) in [6.07, 6.45) is 4.85. The highest BCUT2D eigenvalue weighted by atomic mass is 19.1. The van der Waals surface area contributed by atoms with Gasteiger partial charge in [-0.2, -0.15) is 0 Å². The molecule has 0 aliphatic heterocycles. The summed E-state index contributed by atoms with van der Waals surface area (Å²) in [4.78, 5) is 0. The Morgan fingerprint density at radius 1 is 0.762 bits per heavy atom. The number of benzene rings is 2. The summed E-state index contributed by atoms with van der Waals surface area (Å²) >= 11 is 0. The SMILES string of the molecule is CCCCCCNCF.c1ccc(-c2ccccc2)cc1. The van der Waals surface area contributed by atoms with E-state index in [2.05, 4.69) is 60.8 Å². The fraction of sp³-hybridized carbons (Fsp3) is 0.368. The predicted molar refractivity (Wildman–Crippen MR) is 90.0 cm³/mol. The molecule has 1 N–H and O–H groups in total. The molecule has 114 valence electrons. The Balaban J connectivity index is 0.000000222. The van der Waals surface area contributed by atoms with Crippen molar-refractivity contribution in [2.24, 2.45) is 0 Å². The molecule has 0 aliphatic carbocycles.